The van der Waals surface area contributed by atoms with Crippen LogP contribution >= 0.6 is 31.9 Å². The van der Waals surface area contributed by atoms with Crippen LogP contribution in [0.15, 0.2) is 27.1 Å². The summed E-state index contributed by atoms with van der Waals surface area (Å²) in [4.78, 5) is 2.32. The van der Waals surface area contributed by atoms with Crippen molar-refractivity contribution >= 4 is 31.9 Å². The summed E-state index contributed by atoms with van der Waals surface area (Å²) in [5.74, 6) is 0. The summed E-state index contributed by atoms with van der Waals surface area (Å²) in [5, 5.41) is 3.50. The highest BCUT2D eigenvalue weighted by Crippen LogP contribution is 2.22. The first-order chi connectivity index (χ1) is 8.28. The van der Waals surface area contributed by atoms with Crippen LogP contribution in [0.1, 0.15) is 26.3 Å². The molecule has 0 saturated heterocycles. The van der Waals surface area contributed by atoms with E-state index < -0.39 is 0 Å². The van der Waals surface area contributed by atoms with Gasteiger partial charge in [0.25, 0.3) is 0 Å². The molecule has 2 nitrogen and oxygen atoms in total. The average molecular weight is 378 g/mol. The molecule has 0 saturated carbocycles. The molecule has 0 spiro atoms. The van der Waals surface area contributed by atoms with E-state index in [0.717, 1.165) is 24.1 Å². The fraction of sp³-hybridized carbons (Fsp3) is 0.571. The van der Waals surface area contributed by atoms with Gasteiger partial charge in [-0.1, -0.05) is 31.9 Å². The maximum atomic E-state index is 3.60. The third-order valence-electron chi connectivity index (χ3n) is 2.60. The number of hydrogen-bond donors (Lipinski definition) is 1. The lowest BCUT2D eigenvalue weighted by atomic mass is 10.1. The molecule has 18 heavy (non-hydrogen) atoms. The highest BCUT2D eigenvalue weighted by atomic mass is 79.9. The molecule has 0 aliphatic rings. The van der Waals surface area contributed by atoms with Crippen molar-refractivity contribution in [1.29, 1.82) is 0 Å². The van der Waals surface area contributed by atoms with Crippen LogP contribution in [0.4, 0.5) is 0 Å². The topological polar surface area (TPSA) is 15.3 Å². The summed E-state index contributed by atoms with van der Waals surface area (Å²) in [6.07, 6.45) is 0. The van der Waals surface area contributed by atoms with E-state index in [0.29, 0.717) is 0 Å². The smallest absolute Gasteiger partial charge is 0.0242 e. The van der Waals surface area contributed by atoms with Crippen LogP contribution in [0, 0.1) is 0 Å². The first-order valence-corrected chi connectivity index (χ1v) is 7.74. The molecule has 0 aliphatic carbocycles. The van der Waals surface area contributed by atoms with Crippen molar-refractivity contribution < 1.29 is 0 Å². The Morgan fingerprint density at radius 1 is 1.22 bits per heavy atom. The molecule has 0 aliphatic heterocycles. The van der Waals surface area contributed by atoms with E-state index in [1.54, 1.807) is 0 Å². The van der Waals surface area contributed by atoms with Gasteiger partial charge in [0, 0.05) is 34.1 Å². The number of likely N-dealkylation sites (N-methyl/N-ethyl adjacent to an activating group) is 1. The molecule has 1 aromatic carbocycles. The molecule has 4 heteroatoms. The first kappa shape index (κ1) is 16.2. The van der Waals surface area contributed by atoms with Crippen LogP contribution in [0.5, 0.6) is 0 Å². The van der Waals surface area contributed by atoms with Crippen LogP contribution in [0.2, 0.25) is 0 Å². The lowest BCUT2D eigenvalue weighted by molar-refractivity contribution is 0.303. The SMILES string of the molecule is CN(CCNC(C)(C)C)Cc1cc(Br)ccc1Br. The van der Waals surface area contributed by atoms with Crippen molar-refractivity contribution in [3.8, 4) is 0 Å². The summed E-state index contributed by atoms with van der Waals surface area (Å²) < 4.78 is 2.29. The molecule has 0 aromatic heterocycles. The Morgan fingerprint density at radius 2 is 1.89 bits per heavy atom. The van der Waals surface area contributed by atoms with Crippen molar-refractivity contribution in [3.63, 3.8) is 0 Å². The Balaban J connectivity index is 2.44. The van der Waals surface area contributed by atoms with Gasteiger partial charge in [0.15, 0.2) is 0 Å². The maximum Gasteiger partial charge on any atom is 0.0242 e. The van der Waals surface area contributed by atoms with Gasteiger partial charge in [0.1, 0.15) is 0 Å². The van der Waals surface area contributed by atoms with Crippen molar-refractivity contribution in [3.05, 3.63) is 32.7 Å². The zero-order valence-electron chi connectivity index (χ0n) is 11.6. The molecule has 102 valence electrons. The van der Waals surface area contributed by atoms with Gasteiger partial charge in [0.2, 0.25) is 0 Å². The van der Waals surface area contributed by atoms with Gasteiger partial charge in [-0.2, -0.15) is 0 Å². The van der Waals surface area contributed by atoms with E-state index in [1.807, 2.05) is 0 Å². The third-order valence-corrected chi connectivity index (χ3v) is 3.86. The van der Waals surface area contributed by atoms with Crippen molar-refractivity contribution in [1.82, 2.24) is 10.2 Å². The van der Waals surface area contributed by atoms with E-state index in [1.165, 1.54) is 10.0 Å². The van der Waals surface area contributed by atoms with Crippen LogP contribution in [-0.4, -0.2) is 30.6 Å². The minimum Gasteiger partial charge on any atom is -0.311 e. The molecule has 0 fully saturated rings. The van der Waals surface area contributed by atoms with E-state index in [9.17, 15) is 0 Å². The zero-order valence-corrected chi connectivity index (χ0v) is 14.7. The standard InChI is InChI=1S/C14H22Br2N2/c1-14(2,3)17-7-8-18(4)10-11-9-12(15)5-6-13(11)16/h5-6,9,17H,7-8,10H2,1-4H3. The predicted molar refractivity (Wildman–Crippen MR) is 85.9 cm³/mol. The second-order valence-corrected chi connectivity index (χ2v) is 7.42. The Labute approximate surface area is 127 Å². The van der Waals surface area contributed by atoms with Crippen LogP contribution < -0.4 is 5.32 Å². The highest BCUT2D eigenvalue weighted by molar-refractivity contribution is 9.11. The molecule has 0 amide bonds. The molecule has 0 unspecified atom stereocenters. The Kier molecular flexibility index (Phi) is 6.31. The second kappa shape index (κ2) is 7.04. The molecular weight excluding hydrogens is 356 g/mol. The quantitative estimate of drug-likeness (QED) is 0.833. The number of nitrogens with one attached hydrogen (secondary N) is 1. The Morgan fingerprint density at radius 3 is 2.50 bits per heavy atom. The molecule has 0 atom stereocenters. The molecular formula is C14H22Br2N2. The summed E-state index contributed by atoms with van der Waals surface area (Å²) >= 11 is 7.11. The van der Waals surface area contributed by atoms with Crippen molar-refractivity contribution in [2.45, 2.75) is 32.9 Å². The van der Waals surface area contributed by atoms with Crippen molar-refractivity contribution in [2.75, 3.05) is 20.1 Å². The van der Waals surface area contributed by atoms with Crippen LogP contribution in [-0.2, 0) is 6.54 Å². The predicted octanol–water partition coefficient (Wildman–Crippen LogP) is 4.03. The Hall–Kier alpha value is 0.1000. The Bertz CT molecular complexity index is 386. The molecule has 1 aromatic rings. The summed E-state index contributed by atoms with van der Waals surface area (Å²) in [6.45, 7) is 9.57. The van der Waals surface area contributed by atoms with Gasteiger partial charge in [-0.15, -0.1) is 0 Å². The van der Waals surface area contributed by atoms with E-state index in [2.05, 4.69) is 88.1 Å². The first-order valence-electron chi connectivity index (χ1n) is 6.15. The largest absolute Gasteiger partial charge is 0.311 e. The average Bonchev–Trinajstić information content (AvgIpc) is 2.21. The van der Waals surface area contributed by atoms with Gasteiger partial charge in [-0.3, -0.25) is 0 Å². The fourth-order valence-electron chi connectivity index (χ4n) is 1.66. The lowest BCUT2D eigenvalue weighted by Gasteiger charge is -2.24. The third kappa shape index (κ3) is 6.32. The maximum absolute atomic E-state index is 3.60. The van der Waals surface area contributed by atoms with E-state index >= 15 is 0 Å². The second-order valence-electron chi connectivity index (χ2n) is 5.65. The fourth-order valence-corrected chi connectivity index (χ4v) is 2.44. The zero-order chi connectivity index (χ0) is 13.8. The van der Waals surface area contributed by atoms with Crippen molar-refractivity contribution in [2.24, 2.45) is 0 Å². The summed E-state index contributed by atoms with van der Waals surface area (Å²) in [7, 11) is 2.15. The molecule has 0 bridgehead atoms. The normalized spacial score (nSPS) is 12.2. The van der Waals surface area contributed by atoms with E-state index in [-0.39, 0.29) is 5.54 Å². The van der Waals surface area contributed by atoms with Crippen LogP contribution in [0.3, 0.4) is 0 Å². The highest BCUT2D eigenvalue weighted by Gasteiger charge is 2.09. The monoisotopic (exact) mass is 376 g/mol. The molecule has 0 radical (unpaired) electrons. The minimum absolute atomic E-state index is 0.192. The molecule has 0 heterocycles. The summed E-state index contributed by atoms with van der Waals surface area (Å²) in [6, 6.07) is 6.30. The minimum atomic E-state index is 0.192. The number of nitrogens with zero attached hydrogens (tertiary/aromatic N) is 1. The lowest BCUT2D eigenvalue weighted by Crippen LogP contribution is -2.40. The van der Waals surface area contributed by atoms with Crippen LogP contribution in [0.25, 0.3) is 0 Å². The van der Waals surface area contributed by atoms with Gasteiger partial charge < -0.3 is 10.2 Å². The number of rotatable bonds is 5. The molecule has 1 N–H and O–H groups in total. The van der Waals surface area contributed by atoms with Gasteiger partial charge in [-0.25, -0.2) is 0 Å². The number of halogens is 2. The van der Waals surface area contributed by atoms with E-state index in [4.69, 9.17) is 0 Å². The van der Waals surface area contributed by atoms with Gasteiger partial charge in [0.05, 0.1) is 0 Å². The number of hydrogen-bond acceptors (Lipinski definition) is 2. The molecule has 1 rings (SSSR count). The summed E-state index contributed by atoms with van der Waals surface area (Å²) in [5.41, 5.74) is 1.50. The number of benzene rings is 1. The van der Waals surface area contributed by atoms with Gasteiger partial charge >= 0.3 is 0 Å². The van der Waals surface area contributed by atoms with Gasteiger partial charge in [-0.05, 0) is 51.6 Å².